The number of aryl methyl sites for hydroxylation is 2. The average Bonchev–Trinajstić information content (AvgIpc) is 3.15. The maximum atomic E-state index is 12.6. The van der Waals surface area contributed by atoms with E-state index in [0.29, 0.717) is 12.4 Å². The zero-order valence-electron chi connectivity index (χ0n) is 20.1. The van der Waals surface area contributed by atoms with Crippen LogP contribution in [-0.4, -0.2) is 53.9 Å². The van der Waals surface area contributed by atoms with Crippen LogP contribution >= 0.6 is 0 Å². The number of amides is 1. The molecule has 2 atom stereocenters. The van der Waals surface area contributed by atoms with Crippen LogP contribution in [0.4, 0.5) is 0 Å². The molecule has 0 saturated heterocycles. The molecular weight excluding hydrogens is 446 g/mol. The third-order valence-corrected chi connectivity index (χ3v) is 7.09. The fraction of sp³-hybridized carbons (Fsp3) is 0.360. The van der Waals surface area contributed by atoms with E-state index in [0.717, 1.165) is 46.6 Å². The van der Waals surface area contributed by atoms with Gasteiger partial charge in [-0.15, -0.1) is 10.2 Å². The predicted molar refractivity (Wildman–Crippen MR) is 135 cm³/mol. The Hall–Kier alpha value is -3.30. The SMILES string of the molecule is CCNC(=O)C[C@@H]1N=C(c2ccc(CC[SiH](C)O)cc2)c2cc(OC)ccc2-n2c(C)nnc21. The molecule has 1 aromatic heterocycles. The number of rotatable bonds is 8. The quantitative estimate of drug-likeness (QED) is 0.486. The first kappa shape index (κ1) is 23.8. The first-order valence-electron chi connectivity index (χ1n) is 11.6. The van der Waals surface area contributed by atoms with Gasteiger partial charge in [0, 0.05) is 17.7 Å². The van der Waals surface area contributed by atoms with Crippen LogP contribution in [0.1, 0.15) is 47.7 Å². The summed E-state index contributed by atoms with van der Waals surface area (Å²) < 4.78 is 7.51. The van der Waals surface area contributed by atoms with Gasteiger partial charge >= 0.3 is 0 Å². The molecule has 2 heterocycles. The van der Waals surface area contributed by atoms with Gasteiger partial charge in [0.15, 0.2) is 14.9 Å². The number of nitrogens with zero attached hydrogens (tertiary/aromatic N) is 4. The smallest absolute Gasteiger partial charge is 0.222 e. The molecular formula is C25H31N5O3Si. The third-order valence-electron chi connectivity index (χ3n) is 5.96. The van der Waals surface area contributed by atoms with Crippen molar-refractivity contribution in [3.63, 3.8) is 0 Å². The van der Waals surface area contributed by atoms with Crippen LogP contribution in [0.25, 0.3) is 5.69 Å². The number of aromatic nitrogens is 3. The highest BCUT2D eigenvalue weighted by atomic mass is 28.3. The second kappa shape index (κ2) is 10.3. The summed E-state index contributed by atoms with van der Waals surface area (Å²) in [5.41, 5.74) is 4.71. The van der Waals surface area contributed by atoms with Gasteiger partial charge in [0.25, 0.3) is 0 Å². The molecule has 9 heteroatoms. The second-order valence-electron chi connectivity index (χ2n) is 8.56. The van der Waals surface area contributed by atoms with Crippen LogP contribution in [0.5, 0.6) is 5.75 Å². The molecule has 0 radical (unpaired) electrons. The highest BCUT2D eigenvalue weighted by molar-refractivity contribution is 6.48. The van der Waals surface area contributed by atoms with Crippen molar-refractivity contribution in [1.29, 1.82) is 0 Å². The number of nitrogens with one attached hydrogen (secondary N) is 1. The lowest BCUT2D eigenvalue weighted by Crippen LogP contribution is -2.25. The van der Waals surface area contributed by atoms with Crippen LogP contribution in [0, 0.1) is 6.92 Å². The number of ether oxygens (including phenoxy) is 1. The van der Waals surface area contributed by atoms with E-state index in [1.807, 2.05) is 43.2 Å². The van der Waals surface area contributed by atoms with Crippen molar-refractivity contribution in [3.8, 4) is 11.4 Å². The van der Waals surface area contributed by atoms with Gasteiger partial charge < -0.3 is 14.8 Å². The molecule has 0 spiro atoms. The minimum atomic E-state index is -1.59. The molecule has 8 nitrogen and oxygen atoms in total. The lowest BCUT2D eigenvalue weighted by atomic mass is 9.98. The molecule has 1 unspecified atom stereocenters. The van der Waals surface area contributed by atoms with Crippen molar-refractivity contribution in [2.24, 2.45) is 4.99 Å². The van der Waals surface area contributed by atoms with E-state index in [9.17, 15) is 9.59 Å². The second-order valence-corrected chi connectivity index (χ2v) is 10.8. The molecule has 2 aromatic carbocycles. The molecule has 0 aliphatic carbocycles. The molecule has 4 rings (SSSR count). The molecule has 1 amide bonds. The van der Waals surface area contributed by atoms with Crippen molar-refractivity contribution in [1.82, 2.24) is 20.1 Å². The number of carbonyl (C=O) groups excluding carboxylic acids is 1. The number of fused-ring (bicyclic) bond motifs is 3. The van der Waals surface area contributed by atoms with Crippen LogP contribution < -0.4 is 10.1 Å². The Labute approximate surface area is 201 Å². The fourth-order valence-electron chi connectivity index (χ4n) is 4.22. The van der Waals surface area contributed by atoms with E-state index in [1.54, 1.807) is 7.11 Å². The Morgan fingerprint density at radius 1 is 1.21 bits per heavy atom. The van der Waals surface area contributed by atoms with Crippen LogP contribution in [-0.2, 0) is 11.2 Å². The monoisotopic (exact) mass is 477 g/mol. The molecule has 178 valence electrons. The summed E-state index contributed by atoms with van der Waals surface area (Å²) >= 11 is 0. The predicted octanol–water partition coefficient (Wildman–Crippen LogP) is 2.89. The van der Waals surface area contributed by atoms with E-state index in [4.69, 9.17) is 9.73 Å². The summed E-state index contributed by atoms with van der Waals surface area (Å²) in [4.78, 5) is 27.4. The first-order valence-corrected chi connectivity index (χ1v) is 14.1. The molecule has 0 bridgehead atoms. The lowest BCUT2D eigenvalue weighted by Gasteiger charge is -2.14. The molecule has 1 aliphatic rings. The summed E-state index contributed by atoms with van der Waals surface area (Å²) in [6, 6.07) is 14.5. The number of methoxy groups -OCH3 is 1. The minimum Gasteiger partial charge on any atom is -0.497 e. The van der Waals surface area contributed by atoms with Gasteiger partial charge in [0.05, 0.1) is 24.9 Å². The lowest BCUT2D eigenvalue weighted by molar-refractivity contribution is -0.121. The van der Waals surface area contributed by atoms with Gasteiger partial charge in [0.1, 0.15) is 17.6 Å². The average molecular weight is 478 g/mol. The van der Waals surface area contributed by atoms with E-state index in [-0.39, 0.29) is 12.3 Å². The zero-order chi connectivity index (χ0) is 24.2. The standard InChI is InChI=1S/C25H31N5O3Si/c1-5-26-23(31)15-21-25-29-28-16(2)30(25)22-11-10-19(33-3)14-20(22)24(27-21)18-8-6-17(7-9-18)12-13-34(4)32/h6-11,14,21,32,34H,5,12-13,15H2,1-4H3,(H,26,31)/t21-,34?/m0/s1. The van der Waals surface area contributed by atoms with Crippen LogP contribution in [0.3, 0.4) is 0 Å². The number of hydrogen-bond acceptors (Lipinski definition) is 6. The summed E-state index contributed by atoms with van der Waals surface area (Å²) in [5.74, 6) is 2.02. The van der Waals surface area contributed by atoms with Crippen LogP contribution in [0.15, 0.2) is 47.5 Å². The largest absolute Gasteiger partial charge is 0.497 e. The van der Waals surface area contributed by atoms with Gasteiger partial charge in [-0.1, -0.05) is 24.3 Å². The molecule has 34 heavy (non-hydrogen) atoms. The molecule has 1 aliphatic heterocycles. The number of carbonyl (C=O) groups is 1. The molecule has 0 saturated carbocycles. The topological polar surface area (TPSA) is 102 Å². The number of aliphatic imine (C=N–C) groups is 1. The minimum absolute atomic E-state index is 0.0797. The van der Waals surface area contributed by atoms with E-state index in [1.165, 1.54) is 5.56 Å². The summed E-state index contributed by atoms with van der Waals surface area (Å²) in [5, 5.41) is 11.6. The van der Waals surface area contributed by atoms with Gasteiger partial charge in [-0.25, -0.2) is 0 Å². The summed E-state index contributed by atoms with van der Waals surface area (Å²) in [7, 11) is 0.0495. The Bertz CT molecular complexity index is 1200. The highest BCUT2D eigenvalue weighted by Crippen LogP contribution is 2.34. The van der Waals surface area contributed by atoms with Crippen molar-refractivity contribution >= 4 is 20.7 Å². The van der Waals surface area contributed by atoms with E-state index in [2.05, 4.69) is 39.8 Å². The Morgan fingerprint density at radius 2 is 1.97 bits per heavy atom. The van der Waals surface area contributed by atoms with E-state index >= 15 is 0 Å². The first-order chi connectivity index (χ1) is 16.4. The number of hydrogen-bond donors (Lipinski definition) is 2. The Kier molecular flexibility index (Phi) is 7.23. The van der Waals surface area contributed by atoms with Crippen molar-refractivity contribution in [3.05, 3.63) is 70.8 Å². The number of benzene rings is 2. The summed E-state index contributed by atoms with van der Waals surface area (Å²) in [6.45, 7) is 6.30. The summed E-state index contributed by atoms with van der Waals surface area (Å²) in [6.07, 6.45) is 1.04. The zero-order valence-corrected chi connectivity index (χ0v) is 21.2. The van der Waals surface area contributed by atoms with Gasteiger partial charge in [0.2, 0.25) is 5.91 Å². The van der Waals surface area contributed by atoms with Crippen molar-refractivity contribution in [2.45, 2.75) is 45.3 Å². The Balaban J connectivity index is 1.84. The normalized spacial score (nSPS) is 15.6. The van der Waals surface area contributed by atoms with Gasteiger partial charge in [-0.05, 0) is 56.6 Å². The van der Waals surface area contributed by atoms with Gasteiger partial charge in [-0.2, -0.15) is 0 Å². The molecule has 0 fully saturated rings. The molecule has 2 N–H and O–H groups in total. The third kappa shape index (κ3) is 4.95. The molecule has 3 aromatic rings. The van der Waals surface area contributed by atoms with E-state index < -0.39 is 15.1 Å². The Morgan fingerprint density at radius 3 is 2.65 bits per heavy atom. The van der Waals surface area contributed by atoms with Crippen molar-refractivity contribution in [2.75, 3.05) is 13.7 Å². The van der Waals surface area contributed by atoms with Crippen LogP contribution in [0.2, 0.25) is 12.6 Å². The van der Waals surface area contributed by atoms with Crippen molar-refractivity contribution < 1.29 is 14.3 Å². The maximum absolute atomic E-state index is 12.6. The fourth-order valence-corrected chi connectivity index (χ4v) is 4.97. The van der Waals surface area contributed by atoms with Gasteiger partial charge in [-0.3, -0.25) is 14.4 Å². The highest BCUT2D eigenvalue weighted by Gasteiger charge is 2.29. The maximum Gasteiger partial charge on any atom is 0.222 e.